The normalized spacial score (nSPS) is 32.4. The van der Waals surface area contributed by atoms with Crippen LogP contribution in [0.4, 0.5) is 17.6 Å². The van der Waals surface area contributed by atoms with Gasteiger partial charge in [0.15, 0.2) is 0 Å². The lowest BCUT2D eigenvalue weighted by molar-refractivity contribution is -0.192. The van der Waals surface area contributed by atoms with E-state index in [2.05, 4.69) is 26.1 Å². The first kappa shape index (κ1) is 24.0. The van der Waals surface area contributed by atoms with E-state index in [1.54, 1.807) is 6.92 Å². The lowest BCUT2D eigenvalue weighted by Gasteiger charge is -2.52. The largest absolute Gasteiger partial charge is 0.465 e. The number of halogens is 4. The summed E-state index contributed by atoms with van der Waals surface area (Å²) in [7, 11) is 0. The molecule has 9 heteroatoms. The highest BCUT2D eigenvalue weighted by Crippen LogP contribution is 2.54. The van der Waals surface area contributed by atoms with E-state index in [1.807, 2.05) is 0 Å². The fourth-order valence-corrected chi connectivity index (χ4v) is 4.97. The summed E-state index contributed by atoms with van der Waals surface area (Å²) < 4.78 is 63.0. The first-order valence-corrected chi connectivity index (χ1v) is 10.1. The molecule has 2 aliphatic carbocycles. The molecule has 0 saturated heterocycles. The number of alkyl halides is 4. The smallest absolute Gasteiger partial charge is 0.353 e. The van der Waals surface area contributed by atoms with Crippen molar-refractivity contribution in [3.05, 3.63) is 12.2 Å². The van der Waals surface area contributed by atoms with Crippen LogP contribution in [0.25, 0.3) is 0 Å². The van der Waals surface area contributed by atoms with Gasteiger partial charge in [0.2, 0.25) is 0 Å². The lowest BCUT2D eigenvalue weighted by Crippen LogP contribution is -2.53. The Morgan fingerprint density at radius 3 is 2.38 bits per heavy atom. The molecule has 29 heavy (non-hydrogen) atoms. The van der Waals surface area contributed by atoms with Gasteiger partial charge in [-0.15, -0.1) is 0 Å². The summed E-state index contributed by atoms with van der Waals surface area (Å²) in [6.45, 7) is 7.98. The highest BCUT2D eigenvalue weighted by atomic mass is 32.1. The van der Waals surface area contributed by atoms with Gasteiger partial charge in [0.1, 0.15) is 5.60 Å². The third-order valence-corrected chi connectivity index (χ3v) is 6.14. The Labute approximate surface area is 173 Å². The zero-order valence-corrected chi connectivity index (χ0v) is 17.8. The number of hydrogen-bond donors (Lipinski definition) is 1. The van der Waals surface area contributed by atoms with Crippen molar-refractivity contribution >= 4 is 24.6 Å². The topological polar surface area (TPSA) is 52.6 Å². The Morgan fingerprint density at radius 1 is 1.21 bits per heavy atom. The second-order valence-corrected chi connectivity index (χ2v) is 9.60. The van der Waals surface area contributed by atoms with Gasteiger partial charge < -0.3 is 9.47 Å². The molecular formula is C20H28F4O4S. The predicted octanol–water partition coefficient (Wildman–Crippen LogP) is 5.17. The third-order valence-electron chi connectivity index (χ3n) is 5.81. The fourth-order valence-electron chi connectivity index (χ4n) is 4.86. The number of rotatable bonds is 7. The van der Waals surface area contributed by atoms with Gasteiger partial charge in [-0.25, -0.2) is 4.79 Å². The van der Waals surface area contributed by atoms with Crippen molar-refractivity contribution in [1.82, 2.24) is 0 Å². The molecule has 4 nitrogen and oxygen atoms in total. The summed E-state index contributed by atoms with van der Waals surface area (Å²) in [6.07, 6.45) is 1.36. The molecule has 4 atom stereocenters. The Kier molecular flexibility index (Phi) is 6.72. The molecule has 2 bridgehead atoms. The molecule has 4 unspecified atom stereocenters. The van der Waals surface area contributed by atoms with E-state index in [-0.39, 0.29) is 17.9 Å². The van der Waals surface area contributed by atoms with Crippen LogP contribution in [-0.2, 0) is 19.1 Å². The maximum Gasteiger partial charge on any atom is 0.353 e. The molecule has 2 saturated carbocycles. The van der Waals surface area contributed by atoms with E-state index < -0.39 is 47.2 Å². The van der Waals surface area contributed by atoms with E-state index in [0.29, 0.717) is 25.2 Å². The van der Waals surface area contributed by atoms with Gasteiger partial charge in [0.25, 0.3) is 0 Å². The van der Waals surface area contributed by atoms with Crippen molar-refractivity contribution in [1.29, 1.82) is 0 Å². The minimum atomic E-state index is -4.50. The summed E-state index contributed by atoms with van der Waals surface area (Å²) in [6, 6.07) is 0. The van der Waals surface area contributed by atoms with Crippen LogP contribution in [0.5, 0.6) is 0 Å². The second kappa shape index (κ2) is 8.12. The Hall–Kier alpha value is -1.25. The average molecular weight is 440 g/mol. The first-order chi connectivity index (χ1) is 13.1. The molecule has 2 rings (SSSR count). The van der Waals surface area contributed by atoms with Crippen molar-refractivity contribution in [2.24, 2.45) is 17.3 Å². The molecule has 0 aromatic heterocycles. The number of carbonyl (C=O) groups excluding carboxylic acids is 2. The van der Waals surface area contributed by atoms with Crippen LogP contribution in [0.15, 0.2) is 12.2 Å². The standard InChI is InChI=1S/C20H28F4O4S/c1-12(2)15(25)28-18-8-13(3)7-14(10-18)9-17(4,11-18)16(26)27-6-5-19(21,22)20(23,24)29/h13-14,29H,1,5-11H2,2-4H3. The van der Waals surface area contributed by atoms with Gasteiger partial charge in [-0.1, -0.05) is 26.1 Å². The van der Waals surface area contributed by atoms with E-state index in [1.165, 1.54) is 6.92 Å². The van der Waals surface area contributed by atoms with E-state index in [4.69, 9.17) is 9.47 Å². The number of hydrogen-bond acceptors (Lipinski definition) is 5. The van der Waals surface area contributed by atoms with Crippen LogP contribution in [0.1, 0.15) is 59.3 Å². The van der Waals surface area contributed by atoms with Gasteiger partial charge in [0, 0.05) is 12.0 Å². The molecule has 2 fully saturated rings. The molecule has 0 aromatic rings. The van der Waals surface area contributed by atoms with Crippen molar-refractivity contribution in [2.75, 3.05) is 6.61 Å². The minimum Gasteiger partial charge on any atom is -0.465 e. The molecule has 0 spiro atoms. The maximum absolute atomic E-state index is 13.3. The molecule has 166 valence electrons. The summed E-state index contributed by atoms with van der Waals surface area (Å²) >= 11 is 2.61. The van der Waals surface area contributed by atoms with Gasteiger partial charge in [-0.2, -0.15) is 17.6 Å². The first-order valence-electron chi connectivity index (χ1n) is 9.63. The van der Waals surface area contributed by atoms with Crippen LogP contribution in [0.3, 0.4) is 0 Å². The van der Waals surface area contributed by atoms with Crippen LogP contribution >= 0.6 is 12.6 Å². The summed E-state index contributed by atoms with van der Waals surface area (Å²) in [5.41, 5.74) is -1.66. The number of carbonyl (C=O) groups is 2. The number of fused-ring (bicyclic) bond motifs is 2. The highest BCUT2D eigenvalue weighted by molar-refractivity contribution is 7.81. The monoisotopic (exact) mass is 440 g/mol. The molecule has 2 aliphatic rings. The quantitative estimate of drug-likeness (QED) is 0.257. The predicted molar refractivity (Wildman–Crippen MR) is 102 cm³/mol. The van der Waals surface area contributed by atoms with Crippen molar-refractivity contribution in [2.45, 2.75) is 76.1 Å². The summed E-state index contributed by atoms with van der Waals surface area (Å²) in [5, 5.41) is -4.50. The molecule has 0 heterocycles. The number of ether oxygens (including phenoxy) is 2. The van der Waals surface area contributed by atoms with Crippen molar-refractivity contribution in [3.8, 4) is 0 Å². The fraction of sp³-hybridized carbons (Fsp3) is 0.800. The van der Waals surface area contributed by atoms with Crippen molar-refractivity contribution in [3.63, 3.8) is 0 Å². The molecule has 0 radical (unpaired) electrons. The zero-order chi connectivity index (χ0) is 22.3. The van der Waals surface area contributed by atoms with Crippen LogP contribution < -0.4 is 0 Å². The number of thiol groups is 1. The maximum atomic E-state index is 13.3. The lowest BCUT2D eigenvalue weighted by atomic mass is 9.57. The Bertz CT molecular complexity index is 674. The third kappa shape index (κ3) is 5.47. The van der Waals surface area contributed by atoms with Crippen LogP contribution in [-0.4, -0.2) is 35.3 Å². The van der Waals surface area contributed by atoms with Gasteiger partial charge in [-0.3, -0.25) is 4.79 Å². The molecule has 0 aliphatic heterocycles. The molecule has 0 N–H and O–H groups in total. The van der Waals surface area contributed by atoms with Gasteiger partial charge in [0.05, 0.1) is 18.4 Å². The highest BCUT2D eigenvalue weighted by Gasteiger charge is 2.56. The van der Waals surface area contributed by atoms with E-state index in [9.17, 15) is 27.2 Å². The summed E-state index contributed by atoms with van der Waals surface area (Å²) in [4.78, 5) is 24.9. The van der Waals surface area contributed by atoms with Gasteiger partial charge in [-0.05, 0) is 51.4 Å². The van der Waals surface area contributed by atoms with Crippen LogP contribution in [0, 0.1) is 17.3 Å². The number of esters is 2. The summed E-state index contributed by atoms with van der Waals surface area (Å²) in [5.74, 6) is -5.28. The zero-order valence-electron chi connectivity index (χ0n) is 16.9. The average Bonchev–Trinajstić information content (AvgIpc) is 2.51. The van der Waals surface area contributed by atoms with Gasteiger partial charge >= 0.3 is 23.1 Å². The molecular weight excluding hydrogens is 412 g/mol. The second-order valence-electron chi connectivity index (χ2n) is 9.04. The SMILES string of the molecule is C=C(C)C(=O)OC12CC(C)CC(C1)CC(C)(C(=O)OCCC(F)(F)C(F)(F)S)C2. The van der Waals surface area contributed by atoms with E-state index in [0.717, 1.165) is 6.42 Å². The van der Waals surface area contributed by atoms with E-state index >= 15 is 0 Å². The Morgan fingerprint density at radius 2 is 1.83 bits per heavy atom. The Balaban J connectivity index is 2.10. The molecule has 0 amide bonds. The molecule has 0 aromatic carbocycles. The van der Waals surface area contributed by atoms with Crippen molar-refractivity contribution < 1.29 is 36.6 Å². The van der Waals surface area contributed by atoms with Crippen LogP contribution in [0.2, 0.25) is 0 Å². The minimum absolute atomic E-state index is 0.103.